The number of hydrogen-bond acceptors (Lipinski definition) is 3. The van der Waals surface area contributed by atoms with Gasteiger partial charge in [-0.2, -0.15) is 0 Å². The maximum Gasteiger partial charge on any atom is 0.255 e. The van der Waals surface area contributed by atoms with E-state index in [1.807, 2.05) is 38.1 Å². The van der Waals surface area contributed by atoms with Gasteiger partial charge in [0.1, 0.15) is 12.4 Å². The van der Waals surface area contributed by atoms with Crippen LogP contribution in [0, 0.1) is 11.3 Å². The fourth-order valence-corrected chi connectivity index (χ4v) is 3.56. The van der Waals surface area contributed by atoms with Crippen molar-refractivity contribution >= 4 is 39.1 Å². The third kappa shape index (κ3) is 4.99. The Morgan fingerprint density at radius 3 is 2.69 bits per heavy atom. The van der Waals surface area contributed by atoms with Crippen LogP contribution in [0.3, 0.4) is 0 Å². The molecule has 2 aromatic rings. The van der Waals surface area contributed by atoms with E-state index in [1.54, 1.807) is 23.1 Å². The Morgan fingerprint density at radius 2 is 2.00 bits per heavy atom. The summed E-state index contributed by atoms with van der Waals surface area (Å²) in [5.41, 5.74) is 1.27. The van der Waals surface area contributed by atoms with Crippen LogP contribution in [0.1, 0.15) is 44.5 Å². The van der Waals surface area contributed by atoms with Gasteiger partial charge in [-0.1, -0.05) is 35.8 Å². The molecule has 0 bridgehead atoms. The van der Waals surface area contributed by atoms with Gasteiger partial charge in [-0.25, -0.2) is 0 Å². The number of nitrogens with zero attached hydrogens (tertiary/aromatic N) is 1. The predicted molar refractivity (Wildman–Crippen MR) is 120 cm³/mol. The van der Waals surface area contributed by atoms with E-state index in [1.165, 1.54) is 0 Å². The van der Waals surface area contributed by atoms with Gasteiger partial charge in [-0.3, -0.25) is 9.59 Å². The van der Waals surface area contributed by atoms with Gasteiger partial charge in [0.05, 0.1) is 11.1 Å². The summed E-state index contributed by atoms with van der Waals surface area (Å²) in [5, 5.41) is 2.92. The van der Waals surface area contributed by atoms with Crippen LogP contribution in [-0.2, 0) is 4.79 Å². The van der Waals surface area contributed by atoms with E-state index in [2.05, 4.69) is 35.1 Å². The molecule has 1 N–H and O–H groups in total. The number of carbonyl (C=O) groups is 2. The molecule has 0 spiro atoms. The highest BCUT2D eigenvalue weighted by Gasteiger charge is 2.37. The first-order chi connectivity index (χ1) is 13.7. The van der Waals surface area contributed by atoms with Crippen LogP contribution in [0.4, 0.5) is 11.4 Å². The van der Waals surface area contributed by atoms with Gasteiger partial charge >= 0.3 is 0 Å². The topological polar surface area (TPSA) is 58.6 Å². The fourth-order valence-electron chi connectivity index (χ4n) is 3.17. The summed E-state index contributed by atoms with van der Waals surface area (Å²) in [5.74, 6) is 0.958. The van der Waals surface area contributed by atoms with E-state index >= 15 is 0 Å². The number of hydrogen-bond donors (Lipinski definition) is 1. The molecule has 0 aromatic heterocycles. The van der Waals surface area contributed by atoms with Gasteiger partial charge in [-0.05, 0) is 62.6 Å². The number of ether oxygens (including phenoxy) is 1. The standard InChI is InChI=1S/C23H27BrN2O3/c1-15(2)10-11-26-19-13-18(25-21(27)16-6-5-7-17(24)12-16)8-9-20(19)29-14-23(3,4)22(26)28/h5-9,12-13,15H,10-11,14H2,1-4H3,(H,25,27). The number of halogens is 1. The molecule has 2 aromatic carbocycles. The van der Waals surface area contributed by atoms with E-state index in [4.69, 9.17) is 4.74 Å². The normalized spacial score (nSPS) is 15.5. The summed E-state index contributed by atoms with van der Waals surface area (Å²) in [6, 6.07) is 12.7. The summed E-state index contributed by atoms with van der Waals surface area (Å²) in [4.78, 5) is 27.6. The molecular weight excluding hydrogens is 432 g/mol. The van der Waals surface area contributed by atoms with Crippen molar-refractivity contribution in [3.8, 4) is 5.75 Å². The van der Waals surface area contributed by atoms with Crippen LogP contribution in [-0.4, -0.2) is 25.0 Å². The molecular formula is C23H27BrN2O3. The second kappa shape index (κ2) is 8.57. The Morgan fingerprint density at radius 1 is 1.24 bits per heavy atom. The second-order valence-corrected chi connectivity index (χ2v) is 9.37. The second-order valence-electron chi connectivity index (χ2n) is 8.46. The lowest BCUT2D eigenvalue weighted by Gasteiger charge is -2.28. The molecule has 0 fully saturated rings. The third-order valence-electron chi connectivity index (χ3n) is 4.94. The van der Waals surface area contributed by atoms with Crippen molar-refractivity contribution in [3.05, 3.63) is 52.5 Å². The summed E-state index contributed by atoms with van der Waals surface area (Å²) in [6.07, 6.45) is 0.885. The maximum atomic E-state index is 13.2. The average molecular weight is 459 g/mol. The van der Waals surface area contributed by atoms with Crippen molar-refractivity contribution in [1.82, 2.24) is 0 Å². The highest BCUT2D eigenvalue weighted by atomic mass is 79.9. The SMILES string of the molecule is CC(C)CCN1C(=O)C(C)(C)COc2ccc(NC(=O)c3cccc(Br)c3)cc21. The molecule has 5 nitrogen and oxygen atoms in total. The molecule has 1 aliphatic heterocycles. The minimum Gasteiger partial charge on any atom is -0.490 e. The van der Waals surface area contributed by atoms with Gasteiger partial charge < -0.3 is 15.0 Å². The summed E-state index contributed by atoms with van der Waals surface area (Å²) in [6.45, 7) is 9.01. The van der Waals surface area contributed by atoms with Crippen LogP contribution >= 0.6 is 15.9 Å². The Bertz CT molecular complexity index is 924. The van der Waals surface area contributed by atoms with Gasteiger partial charge in [0.25, 0.3) is 5.91 Å². The highest BCUT2D eigenvalue weighted by molar-refractivity contribution is 9.10. The molecule has 0 saturated heterocycles. The van der Waals surface area contributed by atoms with Gasteiger partial charge in [0.2, 0.25) is 5.91 Å². The Hall–Kier alpha value is -2.34. The minimum atomic E-state index is -0.615. The van der Waals surface area contributed by atoms with Gasteiger partial charge in [0.15, 0.2) is 0 Å². The Kier molecular flexibility index (Phi) is 6.32. The first kappa shape index (κ1) is 21.4. The van der Waals surface area contributed by atoms with Crippen LogP contribution in [0.15, 0.2) is 46.9 Å². The van der Waals surface area contributed by atoms with Crippen LogP contribution in [0.5, 0.6) is 5.75 Å². The predicted octanol–water partition coefficient (Wildman–Crippen LogP) is 5.50. The molecule has 0 aliphatic carbocycles. The number of anilines is 2. The van der Waals surface area contributed by atoms with E-state index in [0.717, 1.165) is 10.9 Å². The Labute approximate surface area is 180 Å². The van der Waals surface area contributed by atoms with Crippen molar-refractivity contribution in [2.24, 2.45) is 11.3 Å². The van der Waals surface area contributed by atoms with Gasteiger partial charge in [-0.15, -0.1) is 0 Å². The minimum absolute atomic E-state index is 0.0346. The number of benzene rings is 2. The first-order valence-corrected chi connectivity index (χ1v) is 10.6. The number of carbonyl (C=O) groups excluding carboxylic acids is 2. The zero-order valence-corrected chi connectivity index (χ0v) is 18.9. The Balaban J connectivity index is 1.91. The molecule has 154 valence electrons. The number of fused-ring (bicyclic) bond motifs is 1. The molecule has 0 atom stereocenters. The highest BCUT2D eigenvalue weighted by Crippen LogP contribution is 2.38. The maximum absolute atomic E-state index is 13.2. The molecule has 29 heavy (non-hydrogen) atoms. The van der Waals surface area contributed by atoms with E-state index in [-0.39, 0.29) is 11.8 Å². The van der Waals surface area contributed by atoms with Crippen molar-refractivity contribution < 1.29 is 14.3 Å². The molecule has 0 radical (unpaired) electrons. The smallest absolute Gasteiger partial charge is 0.255 e. The van der Waals surface area contributed by atoms with Crippen LogP contribution < -0.4 is 15.0 Å². The monoisotopic (exact) mass is 458 g/mol. The molecule has 0 saturated carbocycles. The zero-order chi connectivity index (χ0) is 21.2. The summed E-state index contributed by atoms with van der Waals surface area (Å²) < 4.78 is 6.79. The number of nitrogens with one attached hydrogen (secondary N) is 1. The molecule has 6 heteroatoms. The van der Waals surface area contributed by atoms with Crippen molar-refractivity contribution in [1.29, 1.82) is 0 Å². The molecule has 1 aliphatic rings. The van der Waals surface area contributed by atoms with Crippen LogP contribution in [0.25, 0.3) is 0 Å². The van der Waals surface area contributed by atoms with Gasteiger partial charge in [0, 0.05) is 22.3 Å². The fraction of sp³-hybridized carbons (Fsp3) is 0.391. The summed E-state index contributed by atoms with van der Waals surface area (Å²) >= 11 is 3.39. The average Bonchev–Trinajstić information content (AvgIpc) is 2.75. The third-order valence-corrected chi connectivity index (χ3v) is 5.43. The zero-order valence-electron chi connectivity index (χ0n) is 17.3. The quantitative estimate of drug-likeness (QED) is 0.643. The number of rotatable bonds is 5. The first-order valence-electron chi connectivity index (χ1n) is 9.83. The van der Waals surface area contributed by atoms with Crippen LogP contribution in [0.2, 0.25) is 0 Å². The van der Waals surface area contributed by atoms with E-state index < -0.39 is 5.41 Å². The lowest BCUT2D eigenvalue weighted by atomic mass is 9.92. The van der Waals surface area contributed by atoms with E-state index in [9.17, 15) is 9.59 Å². The van der Waals surface area contributed by atoms with E-state index in [0.29, 0.717) is 41.8 Å². The lowest BCUT2D eigenvalue weighted by molar-refractivity contribution is -0.127. The molecule has 0 unspecified atom stereocenters. The largest absolute Gasteiger partial charge is 0.490 e. The van der Waals surface area contributed by atoms with Crippen molar-refractivity contribution in [2.45, 2.75) is 34.1 Å². The van der Waals surface area contributed by atoms with Crippen molar-refractivity contribution in [2.75, 3.05) is 23.4 Å². The molecule has 1 heterocycles. The molecule has 2 amide bonds. The summed E-state index contributed by atoms with van der Waals surface area (Å²) in [7, 11) is 0. The lowest BCUT2D eigenvalue weighted by Crippen LogP contribution is -2.42. The van der Waals surface area contributed by atoms with Crippen molar-refractivity contribution in [3.63, 3.8) is 0 Å². The molecule has 3 rings (SSSR count). The number of amides is 2.